The molecule has 1 N–H and O–H groups in total. The van der Waals surface area contributed by atoms with Crippen LogP contribution >= 0.6 is 11.3 Å². The molecule has 112 valence electrons. The lowest BCUT2D eigenvalue weighted by Gasteiger charge is -2.07. The summed E-state index contributed by atoms with van der Waals surface area (Å²) in [7, 11) is 0. The van der Waals surface area contributed by atoms with Crippen molar-refractivity contribution in [3.8, 4) is 10.7 Å². The molecular formula is C14H18N4O2S. The highest BCUT2D eigenvalue weighted by atomic mass is 32.1. The van der Waals surface area contributed by atoms with Crippen molar-refractivity contribution in [2.45, 2.75) is 26.4 Å². The summed E-state index contributed by atoms with van der Waals surface area (Å²) >= 11 is 1.38. The van der Waals surface area contributed by atoms with E-state index in [9.17, 15) is 4.79 Å². The van der Waals surface area contributed by atoms with E-state index in [2.05, 4.69) is 20.3 Å². The summed E-state index contributed by atoms with van der Waals surface area (Å²) in [6.45, 7) is 5.19. The lowest BCUT2D eigenvalue weighted by molar-refractivity contribution is 0.0756. The minimum atomic E-state index is -0.175. The number of aromatic nitrogens is 3. The first-order valence-electron chi connectivity index (χ1n) is 6.78. The minimum absolute atomic E-state index is 0.175. The molecule has 7 heteroatoms. The summed E-state index contributed by atoms with van der Waals surface area (Å²) in [6, 6.07) is 0. The quantitative estimate of drug-likeness (QED) is 0.793. The molecule has 1 amide bonds. The predicted molar refractivity (Wildman–Crippen MR) is 81.2 cm³/mol. The van der Waals surface area contributed by atoms with Gasteiger partial charge in [-0.1, -0.05) is 0 Å². The molecule has 0 spiro atoms. The molecule has 0 aliphatic heterocycles. The van der Waals surface area contributed by atoms with Crippen LogP contribution in [-0.4, -0.2) is 40.1 Å². The second-order valence-corrected chi connectivity index (χ2v) is 5.52. The third-order valence-corrected chi connectivity index (χ3v) is 3.44. The molecule has 0 atom stereocenters. The number of thiazole rings is 1. The summed E-state index contributed by atoms with van der Waals surface area (Å²) in [5, 5.41) is 5.24. The Kier molecular flexibility index (Phi) is 5.77. The van der Waals surface area contributed by atoms with Gasteiger partial charge < -0.3 is 10.1 Å². The van der Waals surface area contributed by atoms with Crippen molar-refractivity contribution in [3.05, 3.63) is 29.7 Å². The molecule has 0 unspecified atom stereocenters. The fourth-order valence-corrected chi connectivity index (χ4v) is 2.35. The fourth-order valence-electron chi connectivity index (χ4n) is 1.59. The second-order valence-electron chi connectivity index (χ2n) is 4.66. The van der Waals surface area contributed by atoms with E-state index in [1.54, 1.807) is 24.0 Å². The zero-order chi connectivity index (χ0) is 15.1. The van der Waals surface area contributed by atoms with Crippen LogP contribution in [0.25, 0.3) is 10.7 Å². The number of ether oxygens (including phenoxy) is 1. The van der Waals surface area contributed by atoms with Crippen LogP contribution < -0.4 is 5.32 Å². The maximum absolute atomic E-state index is 11.9. The van der Waals surface area contributed by atoms with Gasteiger partial charge in [-0.15, -0.1) is 11.3 Å². The monoisotopic (exact) mass is 306 g/mol. The van der Waals surface area contributed by atoms with Gasteiger partial charge in [-0.05, 0) is 20.3 Å². The van der Waals surface area contributed by atoms with E-state index in [0.717, 1.165) is 6.42 Å². The van der Waals surface area contributed by atoms with Crippen LogP contribution in [0.1, 0.15) is 30.8 Å². The minimum Gasteiger partial charge on any atom is -0.379 e. The summed E-state index contributed by atoms with van der Waals surface area (Å²) < 4.78 is 5.41. The molecular weight excluding hydrogens is 288 g/mol. The van der Waals surface area contributed by atoms with Crippen LogP contribution in [0.5, 0.6) is 0 Å². The summed E-state index contributed by atoms with van der Waals surface area (Å²) in [4.78, 5) is 24.4. The number of amides is 1. The maximum atomic E-state index is 11.9. The summed E-state index contributed by atoms with van der Waals surface area (Å²) in [5.74, 6) is -0.175. The Balaban J connectivity index is 1.82. The average Bonchev–Trinajstić information content (AvgIpc) is 2.97. The molecule has 0 bridgehead atoms. The van der Waals surface area contributed by atoms with Crippen molar-refractivity contribution in [2.24, 2.45) is 0 Å². The Morgan fingerprint density at radius 1 is 1.43 bits per heavy atom. The molecule has 2 heterocycles. The van der Waals surface area contributed by atoms with Gasteiger partial charge in [-0.25, -0.2) is 4.98 Å². The lowest BCUT2D eigenvalue weighted by Crippen LogP contribution is -2.25. The Morgan fingerprint density at radius 3 is 3.00 bits per heavy atom. The smallest absolute Gasteiger partial charge is 0.270 e. The Hall–Kier alpha value is -1.86. The van der Waals surface area contributed by atoms with Crippen LogP contribution in [0.3, 0.4) is 0 Å². The largest absolute Gasteiger partial charge is 0.379 e. The molecule has 6 nitrogen and oxygen atoms in total. The number of nitrogens with one attached hydrogen (secondary N) is 1. The van der Waals surface area contributed by atoms with Gasteiger partial charge >= 0.3 is 0 Å². The van der Waals surface area contributed by atoms with Crippen molar-refractivity contribution < 1.29 is 9.53 Å². The van der Waals surface area contributed by atoms with E-state index in [0.29, 0.717) is 29.5 Å². The first-order chi connectivity index (χ1) is 10.2. The van der Waals surface area contributed by atoms with Crippen LogP contribution in [0.2, 0.25) is 0 Å². The van der Waals surface area contributed by atoms with Crippen molar-refractivity contribution in [1.29, 1.82) is 0 Å². The molecule has 0 fully saturated rings. The van der Waals surface area contributed by atoms with E-state index < -0.39 is 0 Å². The molecule has 21 heavy (non-hydrogen) atoms. The summed E-state index contributed by atoms with van der Waals surface area (Å²) in [6.07, 6.45) is 5.83. The second kappa shape index (κ2) is 7.80. The first kappa shape index (κ1) is 15.5. The Bertz CT molecular complexity index is 571. The van der Waals surface area contributed by atoms with Crippen LogP contribution in [0, 0.1) is 0 Å². The van der Waals surface area contributed by atoms with Gasteiger partial charge in [0.15, 0.2) is 0 Å². The van der Waals surface area contributed by atoms with Gasteiger partial charge in [-0.3, -0.25) is 14.8 Å². The van der Waals surface area contributed by atoms with Gasteiger partial charge in [0.2, 0.25) is 0 Å². The highest BCUT2D eigenvalue weighted by molar-refractivity contribution is 7.13. The Morgan fingerprint density at radius 2 is 2.29 bits per heavy atom. The van der Waals surface area contributed by atoms with E-state index in [1.165, 1.54) is 11.3 Å². The molecule has 2 rings (SSSR count). The zero-order valence-electron chi connectivity index (χ0n) is 12.1. The van der Waals surface area contributed by atoms with Gasteiger partial charge in [0.25, 0.3) is 5.91 Å². The molecule has 0 aliphatic carbocycles. The molecule has 0 aromatic carbocycles. The SMILES string of the molecule is CC(C)OCCCNC(=O)c1csc(-c2cnccn2)n1. The standard InChI is InChI=1S/C14H18N4O2S/c1-10(2)20-7-3-4-17-13(19)12-9-21-14(18-12)11-8-15-5-6-16-11/h5-6,8-10H,3-4,7H2,1-2H3,(H,17,19). The third-order valence-electron chi connectivity index (χ3n) is 2.58. The molecule has 0 aliphatic rings. The molecule has 2 aromatic heterocycles. The number of carbonyl (C=O) groups excluding carboxylic acids is 1. The van der Waals surface area contributed by atoms with E-state index in [-0.39, 0.29) is 12.0 Å². The average molecular weight is 306 g/mol. The van der Waals surface area contributed by atoms with Crippen molar-refractivity contribution in [2.75, 3.05) is 13.2 Å². The first-order valence-corrected chi connectivity index (χ1v) is 7.66. The van der Waals surface area contributed by atoms with Crippen LogP contribution in [0.15, 0.2) is 24.0 Å². The highest BCUT2D eigenvalue weighted by Crippen LogP contribution is 2.20. The maximum Gasteiger partial charge on any atom is 0.270 e. The summed E-state index contributed by atoms with van der Waals surface area (Å²) in [5.41, 5.74) is 1.08. The van der Waals surface area contributed by atoms with E-state index in [4.69, 9.17) is 4.74 Å². The van der Waals surface area contributed by atoms with Gasteiger partial charge in [0, 0.05) is 30.9 Å². The normalized spacial score (nSPS) is 10.8. The molecule has 0 saturated carbocycles. The fraction of sp³-hybridized carbons (Fsp3) is 0.429. The number of rotatable bonds is 7. The van der Waals surface area contributed by atoms with Crippen molar-refractivity contribution >= 4 is 17.2 Å². The third kappa shape index (κ3) is 4.87. The number of carbonyl (C=O) groups is 1. The number of hydrogen-bond donors (Lipinski definition) is 1. The van der Waals surface area contributed by atoms with Gasteiger partial charge in [-0.2, -0.15) is 0 Å². The molecule has 0 radical (unpaired) electrons. The van der Waals surface area contributed by atoms with Crippen molar-refractivity contribution in [1.82, 2.24) is 20.3 Å². The van der Waals surface area contributed by atoms with E-state index in [1.807, 2.05) is 13.8 Å². The van der Waals surface area contributed by atoms with Gasteiger partial charge in [0.1, 0.15) is 16.4 Å². The number of hydrogen-bond acceptors (Lipinski definition) is 6. The van der Waals surface area contributed by atoms with Crippen LogP contribution in [0.4, 0.5) is 0 Å². The zero-order valence-corrected chi connectivity index (χ0v) is 12.9. The predicted octanol–water partition coefficient (Wildman–Crippen LogP) is 2.14. The van der Waals surface area contributed by atoms with E-state index >= 15 is 0 Å². The molecule has 2 aromatic rings. The lowest BCUT2D eigenvalue weighted by atomic mass is 10.4. The van der Waals surface area contributed by atoms with Crippen LogP contribution in [-0.2, 0) is 4.74 Å². The molecule has 0 saturated heterocycles. The van der Waals surface area contributed by atoms with Crippen molar-refractivity contribution in [3.63, 3.8) is 0 Å². The highest BCUT2D eigenvalue weighted by Gasteiger charge is 2.12. The number of nitrogens with zero attached hydrogens (tertiary/aromatic N) is 3. The Labute approximate surface area is 127 Å². The van der Waals surface area contributed by atoms with Gasteiger partial charge in [0.05, 0.1) is 12.3 Å². The topological polar surface area (TPSA) is 77.0 Å².